The third-order valence-electron chi connectivity index (χ3n) is 4.41. The third kappa shape index (κ3) is 4.15. The molecular weight excluding hydrogens is 423 g/mol. The number of aromatic amines is 1. The molecule has 1 aromatic heterocycles. The molecule has 3 atom stereocenters. The first kappa shape index (κ1) is 19.6. The van der Waals surface area contributed by atoms with Crippen LogP contribution in [-0.2, 0) is 20.4 Å². The monoisotopic (exact) mass is 438 g/mol. The summed E-state index contributed by atoms with van der Waals surface area (Å²) >= 11 is 11.2. The molecule has 4 rings (SSSR count). The van der Waals surface area contributed by atoms with E-state index in [1.54, 1.807) is 16.8 Å². The van der Waals surface area contributed by atoms with Crippen molar-refractivity contribution in [3.05, 3.63) is 55.7 Å². The van der Waals surface area contributed by atoms with E-state index in [0.717, 1.165) is 18.4 Å². The summed E-state index contributed by atoms with van der Waals surface area (Å²) in [4.78, 5) is 14.3. The molecule has 1 N–H and O–H groups in total. The first-order valence-electron chi connectivity index (χ1n) is 8.53. The van der Waals surface area contributed by atoms with E-state index in [1.807, 2.05) is 12.1 Å². The lowest BCUT2D eigenvalue weighted by molar-refractivity contribution is -0.0220. The molecule has 0 radical (unpaired) electrons. The Morgan fingerprint density at radius 1 is 1.46 bits per heavy atom. The number of aromatic nitrogens is 2. The number of halogens is 1. The van der Waals surface area contributed by atoms with Gasteiger partial charge in [0.05, 0.1) is 19.3 Å². The van der Waals surface area contributed by atoms with Crippen LogP contribution in [0, 0.1) is 17.1 Å². The number of H-pyrrole nitrogens is 1. The number of rotatable bonds is 4. The number of hydrogen-bond acceptors (Lipinski definition) is 6. The second-order valence-corrected chi connectivity index (χ2v) is 8.25. The highest BCUT2D eigenvalue weighted by Gasteiger charge is 2.30. The molecule has 0 bridgehead atoms. The first-order chi connectivity index (χ1) is 13.5. The van der Waals surface area contributed by atoms with E-state index in [0.29, 0.717) is 24.0 Å². The van der Waals surface area contributed by atoms with Gasteiger partial charge >= 0.3 is 8.60 Å². The van der Waals surface area contributed by atoms with E-state index in [4.69, 9.17) is 48.6 Å². The highest BCUT2D eigenvalue weighted by atomic mass is 35.5. The van der Waals surface area contributed by atoms with Crippen molar-refractivity contribution in [1.29, 1.82) is 0 Å². The Bertz CT molecular complexity index is 1050. The van der Waals surface area contributed by atoms with E-state index >= 15 is 0 Å². The van der Waals surface area contributed by atoms with Crippen LogP contribution in [0.15, 0.2) is 29.2 Å². The third-order valence-corrected chi connectivity index (χ3v) is 6.00. The molecule has 2 aliphatic heterocycles. The zero-order valence-electron chi connectivity index (χ0n) is 14.6. The van der Waals surface area contributed by atoms with E-state index in [-0.39, 0.29) is 28.2 Å². The van der Waals surface area contributed by atoms with Gasteiger partial charge in [-0.1, -0.05) is 17.5 Å². The van der Waals surface area contributed by atoms with E-state index in [1.165, 1.54) is 0 Å². The van der Waals surface area contributed by atoms with Crippen LogP contribution < -0.4 is 10.1 Å². The minimum absolute atomic E-state index is 0.144. The summed E-state index contributed by atoms with van der Waals surface area (Å²) in [6.45, 7) is 0.709. The van der Waals surface area contributed by atoms with E-state index in [2.05, 4.69) is 10.9 Å². The second kappa shape index (κ2) is 8.34. The largest absolute Gasteiger partial charge is 0.426 e. The molecule has 0 spiro atoms. The second-order valence-electron chi connectivity index (χ2n) is 6.28. The standard InChI is InChI=1S/C18H16ClN2O5PS/c1-2-11-8-21(18(28)20-17(11)22)16-6-4-14(25-16)10-24-27-23-9-12-7-13(19)3-5-15(12)26-27/h1,3,5,7-8,14,16H,4,6,9-10H2,(H,20,22,28). The van der Waals surface area contributed by atoms with Gasteiger partial charge in [-0.3, -0.25) is 23.4 Å². The molecule has 10 heteroatoms. The number of benzene rings is 1. The summed E-state index contributed by atoms with van der Waals surface area (Å²) in [7, 11) is -1.50. The van der Waals surface area contributed by atoms with Crippen molar-refractivity contribution in [2.24, 2.45) is 0 Å². The van der Waals surface area contributed by atoms with Gasteiger partial charge in [-0.15, -0.1) is 6.42 Å². The maximum absolute atomic E-state index is 11.7. The Labute approximate surface area is 172 Å². The predicted octanol–water partition coefficient (Wildman–Crippen LogP) is 4.07. The van der Waals surface area contributed by atoms with Gasteiger partial charge in [0.15, 0.2) is 4.77 Å². The molecule has 2 aliphatic rings. The van der Waals surface area contributed by atoms with Gasteiger partial charge in [-0.25, -0.2) is 0 Å². The number of nitrogens with zero attached hydrogens (tertiary/aromatic N) is 1. The van der Waals surface area contributed by atoms with Crippen LogP contribution in [0.2, 0.25) is 5.02 Å². The van der Waals surface area contributed by atoms with Gasteiger partial charge in [0.25, 0.3) is 5.56 Å². The quantitative estimate of drug-likeness (QED) is 0.440. The molecule has 0 saturated carbocycles. The molecular formula is C18H16ClN2O5PS. The first-order valence-corrected chi connectivity index (χ1v) is 10.4. The van der Waals surface area contributed by atoms with Crippen LogP contribution in [0.3, 0.4) is 0 Å². The molecule has 7 nitrogen and oxygen atoms in total. The Kier molecular flexibility index (Phi) is 5.83. The summed E-state index contributed by atoms with van der Waals surface area (Å²) < 4.78 is 25.1. The van der Waals surface area contributed by atoms with E-state index in [9.17, 15) is 4.79 Å². The smallest absolute Gasteiger partial charge is 0.397 e. The van der Waals surface area contributed by atoms with Crippen molar-refractivity contribution in [2.75, 3.05) is 6.61 Å². The Hall–Kier alpha value is -1.72. The van der Waals surface area contributed by atoms with Gasteiger partial charge in [0.1, 0.15) is 17.5 Å². The molecule has 3 heterocycles. The lowest BCUT2D eigenvalue weighted by atomic mass is 10.2. The Balaban J connectivity index is 1.35. The summed E-state index contributed by atoms with van der Waals surface area (Å²) in [6.07, 6.45) is 7.94. The molecule has 2 aromatic rings. The van der Waals surface area contributed by atoms with Gasteiger partial charge in [0.2, 0.25) is 0 Å². The lowest BCUT2D eigenvalue weighted by Crippen LogP contribution is -2.21. The number of hydrogen-bond donors (Lipinski definition) is 1. The van der Waals surface area contributed by atoms with Crippen LogP contribution in [0.25, 0.3) is 0 Å². The van der Waals surface area contributed by atoms with Crippen molar-refractivity contribution in [1.82, 2.24) is 9.55 Å². The molecule has 1 saturated heterocycles. The number of ether oxygens (including phenoxy) is 1. The van der Waals surface area contributed by atoms with Crippen molar-refractivity contribution in [2.45, 2.75) is 31.8 Å². The van der Waals surface area contributed by atoms with Gasteiger partial charge in [-0.2, -0.15) is 0 Å². The Morgan fingerprint density at radius 2 is 2.32 bits per heavy atom. The molecule has 146 valence electrons. The SMILES string of the molecule is C#Cc1cn(C2CCC(COP3OCc4cc(Cl)ccc4O3)O2)c(=S)[nH]c1=O. The minimum Gasteiger partial charge on any atom is -0.426 e. The maximum atomic E-state index is 11.7. The topological polar surface area (TPSA) is 74.7 Å². The van der Waals surface area contributed by atoms with Crippen molar-refractivity contribution in [3.63, 3.8) is 0 Å². The number of terminal acetylenes is 1. The van der Waals surface area contributed by atoms with Crippen molar-refractivity contribution >= 4 is 32.4 Å². The van der Waals surface area contributed by atoms with Crippen LogP contribution in [0.1, 0.15) is 30.2 Å². The molecule has 3 unspecified atom stereocenters. The fraction of sp³-hybridized carbons (Fsp3) is 0.333. The number of nitrogens with one attached hydrogen (secondary N) is 1. The summed E-state index contributed by atoms with van der Waals surface area (Å²) in [6, 6.07) is 5.39. The van der Waals surface area contributed by atoms with Gasteiger partial charge in [0, 0.05) is 16.8 Å². The summed E-state index contributed by atoms with van der Waals surface area (Å²) in [5.74, 6) is 3.06. The van der Waals surface area contributed by atoms with Crippen LogP contribution in [-0.4, -0.2) is 22.3 Å². The molecule has 1 aromatic carbocycles. The predicted molar refractivity (Wildman–Crippen MR) is 107 cm³/mol. The van der Waals surface area contributed by atoms with Crippen LogP contribution in [0.4, 0.5) is 0 Å². The fourth-order valence-electron chi connectivity index (χ4n) is 3.00. The molecule has 28 heavy (non-hydrogen) atoms. The maximum Gasteiger partial charge on any atom is 0.397 e. The van der Waals surface area contributed by atoms with Crippen molar-refractivity contribution < 1.29 is 18.3 Å². The summed E-state index contributed by atoms with van der Waals surface area (Å²) in [5, 5.41) is 0.636. The minimum atomic E-state index is -1.50. The highest BCUT2D eigenvalue weighted by Crippen LogP contribution is 2.48. The normalized spacial score (nSPS) is 23.6. The highest BCUT2D eigenvalue weighted by molar-refractivity contribution is 7.71. The zero-order valence-corrected chi connectivity index (χ0v) is 17.1. The Morgan fingerprint density at radius 3 is 3.14 bits per heavy atom. The molecule has 0 amide bonds. The average molecular weight is 439 g/mol. The van der Waals surface area contributed by atoms with E-state index < -0.39 is 8.60 Å². The van der Waals surface area contributed by atoms with Gasteiger partial charge < -0.3 is 9.26 Å². The molecule has 1 fully saturated rings. The average Bonchev–Trinajstić information content (AvgIpc) is 3.15. The lowest BCUT2D eigenvalue weighted by Gasteiger charge is -2.25. The zero-order chi connectivity index (χ0) is 19.7. The summed E-state index contributed by atoms with van der Waals surface area (Å²) in [5.41, 5.74) is 0.726. The van der Waals surface area contributed by atoms with Crippen LogP contribution in [0.5, 0.6) is 5.75 Å². The van der Waals surface area contributed by atoms with Crippen LogP contribution >= 0.6 is 32.4 Å². The number of fused-ring (bicyclic) bond motifs is 1. The van der Waals surface area contributed by atoms with Crippen molar-refractivity contribution in [3.8, 4) is 18.1 Å². The molecule has 0 aliphatic carbocycles. The van der Waals surface area contributed by atoms with Gasteiger partial charge in [-0.05, 0) is 43.3 Å². The fourth-order valence-corrected chi connectivity index (χ4v) is 4.51.